The molecule has 4 fully saturated rings. The molecule has 4 atom stereocenters. The van der Waals surface area contributed by atoms with Crippen molar-refractivity contribution in [1.82, 2.24) is 19.4 Å². The smallest absolute Gasteiger partial charge is 0.488 e. The first-order valence-corrected chi connectivity index (χ1v) is 31.2. The van der Waals surface area contributed by atoms with E-state index in [0.717, 1.165) is 76.9 Å². The molecule has 13 rings (SSSR count). The Kier molecular flexibility index (Phi) is 20.4. The number of aromatic nitrogens is 4. The molecular formula is C61H51F13N6NaO12S2+. The van der Waals surface area contributed by atoms with Crippen molar-refractivity contribution in [3.05, 3.63) is 182 Å². The first kappa shape index (κ1) is 71.2. The molecule has 0 saturated heterocycles. The number of sulfonamides is 1. The topological polar surface area (TPSA) is 250 Å². The Hall–Kier alpha value is -8.11. The second-order valence-corrected chi connectivity index (χ2v) is 26.0. The number of fused-ring (bicyclic) bond motifs is 2. The van der Waals surface area contributed by atoms with Gasteiger partial charge in [-0.1, -0.05) is 17.2 Å². The average Bonchev–Trinajstić information content (AvgIpc) is 1.74. The number of ether oxygens (including phenoxy) is 2. The van der Waals surface area contributed by atoms with Gasteiger partial charge in [-0.3, -0.25) is 23.4 Å². The second kappa shape index (κ2) is 27.2. The molecule has 500 valence electrons. The number of nitrogen functional groups attached to an aromatic ring is 1. The average molecular weight is 1390 g/mol. The molecule has 0 spiro atoms. The van der Waals surface area contributed by atoms with Gasteiger partial charge in [-0.2, -0.15) is 43.5 Å². The number of nitrogens with two attached hydrogens (primary N) is 1. The van der Waals surface area contributed by atoms with Gasteiger partial charge in [0.2, 0.25) is 34.8 Å². The summed E-state index contributed by atoms with van der Waals surface area (Å²) in [4.78, 5) is 25.1. The Labute approximate surface area is 551 Å². The fourth-order valence-corrected chi connectivity index (χ4v) is 11.5. The van der Waals surface area contributed by atoms with Gasteiger partial charge in [-0.15, -0.1) is 0 Å². The minimum Gasteiger partial charge on any atom is -0.488 e. The number of pyridine rings is 2. The van der Waals surface area contributed by atoms with Crippen molar-refractivity contribution in [2.45, 2.75) is 118 Å². The van der Waals surface area contributed by atoms with Crippen LogP contribution in [0.2, 0.25) is 0 Å². The summed E-state index contributed by atoms with van der Waals surface area (Å²) in [6, 6.07) is 18.5. The molecule has 4 aliphatic carbocycles. The van der Waals surface area contributed by atoms with Crippen LogP contribution in [0.1, 0.15) is 88.7 Å². The minimum absolute atomic E-state index is 0. The summed E-state index contributed by atoms with van der Waals surface area (Å²) in [5.74, 6) is -21.5. The van der Waals surface area contributed by atoms with Gasteiger partial charge in [0.25, 0.3) is 21.1 Å². The fraction of sp³-hybridized carbons (Fsp3) is 0.311. The molecule has 18 nitrogen and oxygen atoms in total. The minimum atomic E-state index is -5.23. The SMILES string of the molecule is CCC(C)(C)O.Nc1ccon1.O=c1ccc2cc(S(=O)(=O)Nc3ccon3)ccc2n1-c1cc(F)c([C@H]2C[C@@H]2C(F)(F)F)cc1OC1CC1.O=c1ccc2cc(S(=O)(=O)Oc3c(F)c(F)c(F)c(F)c3F)ccc2n1-c1cc(F)c([C@H]2C[C@@H]2C(F)(F)F)cc1OC1CC1.[Na+]. The molecule has 4 saturated carbocycles. The summed E-state index contributed by atoms with van der Waals surface area (Å²) < 4.78 is 259. The second-order valence-electron chi connectivity index (χ2n) is 22.8. The number of aliphatic hydroxyl groups is 1. The molecule has 5 aromatic carbocycles. The maximum absolute atomic E-state index is 15.3. The van der Waals surface area contributed by atoms with Gasteiger partial charge < -0.3 is 33.5 Å². The maximum Gasteiger partial charge on any atom is 1.00 e. The Morgan fingerprint density at radius 1 is 0.600 bits per heavy atom. The van der Waals surface area contributed by atoms with Gasteiger partial charge in [-0.25, -0.2) is 30.4 Å². The van der Waals surface area contributed by atoms with Gasteiger partial charge in [0, 0.05) is 47.2 Å². The van der Waals surface area contributed by atoms with Crippen LogP contribution in [0, 0.1) is 52.6 Å². The maximum atomic E-state index is 15.3. The summed E-state index contributed by atoms with van der Waals surface area (Å²) >= 11 is 0. The van der Waals surface area contributed by atoms with Crippen molar-refractivity contribution in [2.75, 3.05) is 10.5 Å². The van der Waals surface area contributed by atoms with Crippen LogP contribution in [-0.2, 0) is 20.1 Å². The van der Waals surface area contributed by atoms with Crippen molar-refractivity contribution >= 4 is 53.6 Å². The predicted molar refractivity (Wildman–Crippen MR) is 309 cm³/mol. The van der Waals surface area contributed by atoms with Crippen molar-refractivity contribution in [2.24, 2.45) is 11.8 Å². The standard InChI is InChI=1S/C28H16F9NO5S.C25H19F4N3O5S.C5H12O.C3H4N2O.Na/c29-17-10-19(20(42-12-2-3-12)9-15(17)14-8-16(14)28(35,36)37)38-18-5-4-13(7-11(18)1-6-21(38)39)44(40,41)43-27-25(33)23(31)22(30)24(32)26(27)34;26-19-12-21(22(37-14-2-3-14)11-17(19)16-10-18(16)25(27,28)29)32-20-5-4-15(9-13(20)1-6-24(32)33)38(34,35)31-23-7-8-36-30-23;1-4-5(2,3)6;4-3-1-2-6-5-3;/h1,4-7,9-10,12,14,16H,2-3,8H2;1,4-9,11-12,14,16,18H,2-3,10H2,(H,30,31);6H,4H2,1-3H3;1-2H,(H2,4,5);/q;;;;+1/t14-,16+;16-,18+;;;/m11.../s1. The molecular weight excluding hydrogens is 1340 g/mol. The first-order chi connectivity index (χ1) is 44.0. The van der Waals surface area contributed by atoms with Crippen LogP contribution >= 0.6 is 0 Å². The molecule has 0 bridgehead atoms. The number of benzene rings is 5. The third kappa shape index (κ3) is 16.2. The van der Waals surface area contributed by atoms with E-state index in [1.54, 1.807) is 19.9 Å². The van der Waals surface area contributed by atoms with E-state index in [0.29, 0.717) is 24.0 Å². The molecule has 4 heterocycles. The molecule has 34 heteroatoms. The van der Waals surface area contributed by atoms with Crippen LogP contribution in [0.5, 0.6) is 17.2 Å². The van der Waals surface area contributed by atoms with E-state index in [2.05, 4.69) is 28.3 Å². The Morgan fingerprint density at radius 3 is 1.39 bits per heavy atom. The quantitative estimate of drug-likeness (QED) is 0.0284. The third-order valence-corrected chi connectivity index (χ3v) is 17.8. The molecule has 95 heavy (non-hydrogen) atoms. The van der Waals surface area contributed by atoms with Gasteiger partial charge in [0.1, 0.15) is 40.6 Å². The molecule has 4 aliphatic rings. The first-order valence-electron chi connectivity index (χ1n) is 28.3. The molecule has 0 amide bonds. The Bertz CT molecular complexity index is 4690. The van der Waals surface area contributed by atoms with Crippen LogP contribution in [0.3, 0.4) is 0 Å². The van der Waals surface area contributed by atoms with Crippen LogP contribution in [0.15, 0.2) is 138 Å². The molecule has 4 N–H and O–H groups in total. The molecule has 4 aromatic heterocycles. The summed E-state index contributed by atoms with van der Waals surface area (Å²) in [6.07, 6.45) is -3.88. The number of hydrogen-bond donors (Lipinski definition) is 3. The van der Waals surface area contributed by atoms with Crippen LogP contribution in [-0.4, -0.2) is 71.6 Å². The molecule has 0 unspecified atom stereocenters. The number of anilines is 2. The molecule has 0 radical (unpaired) electrons. The summed E-state index contributed by atoms with van der Waals surface area (Å²) in [7, 11) is -9.28. The van der Waals surface area contributed by atoms with E-state index >= 15 is 8.78 Å². The van der Waals surface area contributed by atoms with Crippen LogP contribution < -0.4 is 64.8 Å². The van der Waals surface area contributed by atoms with Gasteiger partial charge in [-0.05, 0) is 142 Å². The van der Waals surface area contributed by atoms with Crippen LogP contribution in [0.4, 0.5) is 68.7 Å². The number of halogens is 13. The summed E-state index contributed by atoms with van der Waals surface area (Å²) in [5, 5.41) is 16.0. The Morgan fingerprint density at radius 2 is 1.02 bits per heavy atom. The molecule has 9 aromatic rings. The predicted octanol–water partition coefficient (Wildman–Crippen LogP) is 10.4. The third-order valence-electron chi connectivity index (χ3n) is 15.2. The van der Waals surface area contributed by atoms with Gasteiger partial charge in [0.15, 0.2) is 11.6 Å². The van der Waals surface area contributed by atoms with E-state index in [9.17, 15) is 74.7 Å². The van der Waals surface area contributed by atoms with Gasteiger partial charge in [0.05, 0.1) is 56.9 Å². The zero-order valence-corrected chi connectivity index (χ0v) is 53.5. The van der Waals surface area contributed by atoms with E-state index in [-0.39, 0.29) is 116 Å². The number of rotatable bonds is 15. The zero-order chi connectivity index (χ0) is 68.3. The normalized spacial score (nSPS) is 17.7. The van der Waals surface area contributed by atoms with E-state index < -0.39 is 124 Å². The zero-order valence-electron chi connectivity index (χ0n) is 49.8. The molecule has 0 aliphatic heterocycles. The van der Waals surface area contributed by atoms with E-state index in [1.807, 2.05) is 6.92 Å². The largest absolute Gasteiger partial charge is 1.00 e. The van der Waals surface area contributed by atoms with Gasteiger partial charge >= 0.3 is 52.0 Å². The van der Waals surface area contributed by atoms with Crippen molar-refractivity contribution < 1.29 is 131 Å². The number of alkyl halides is 6. The van der Waals surface area contributed by atoms with E-state index in [4.69, 9.17) is 20.3 Å². The van der Waals surface area contributed by atoms with E-state index in [1.165, 1.54) is 55.0 Å². The number of nitrogens with one attached hydrogen (secondary N) is 1. The van der Waals surface area contributed by atoms with Crippen molar-refractivity contribution in [3.63, 3.8) is 0 Å². The van der Waals surface area contributed by atoms with Crippen molar-refractivity contribution in [3.8, 4) is 28.6 Å². The number of nitrogens with zero attached hydrogens (tertiary/aromatic N) is 4. The fourth-order valence-electron chi connectivity index (χ4n) is 9.52. The number of hydrogen-bond acceptors (Lipinski definition) is 15. The monoisotopic (exact) mass is 1390 g/mol. The summed E-state index contributed by atoms with van der Waals surface area (Å²) in [5.41, 5.74) is 2.99. The Balaban J connectivity index is 0.000000189. The van der Waals surface area contributed by atoms with Crippen LogP contribution in [0.25, 0.3) is 33.2 Å². The van der Waals surface area contributed by atoms with Crippen molar-refractivity contribution in [1.29, 1.82) is 0 Å². The summed E-state index contributed by atoms with van der Waals surface area (Å²) in [6.45, 7) is 5.56.